The van der Waals surface area contributed by atoms with Crippen LogP contribution in [0.3, 0.4) is 0 Å². The lowest BCUT2D eigenvalue weighted by atomic mass is 9.94. The van der Waals surface area contributed by atoms with Crippen LogP contribution in [0.2, 0.25) is 0 Å². The summed E-state index contributed by atoms with van der Waals surface area (Å²) in [6.45, 7) is 8.03. The van der Waals surface area contributed by atoms with Crippen molar-refractivity contribution in [3.8, 4) is 11.1 Å². The normalized spacial score (nSPS) is 10.1. The monoisotopic (exact) mass is 239 g/mol. The summed E-state index contributed by atoms with van der Waals surface area (Å²) in [5.41, 5.74) is 6.11. The molecule has 0 amide bonds. The lowest BCUT2D eigenvalue weighted by Crippen LogP contribution is -1.97. The summed E-state index contributed by atoms with van der Waals surface area (Å²) in [6, 6.07) is 14.6. The zero-order valence-electron chi connectivity index (χ0n) is 10.8. The zero-order chi connectivity index (χ0) is 13.0. The molecule has 0 saturated heterocycles. The van der Waals surface area contributed by atoms with Crippen molar-refractivity contribution < 1.29 is 4.84 Å². The molecule has 0 saturated carbocycles. The van der Waals surface area contributed by atoms with Gasteiger partial charge in [-0.05, 0) is 41.7 Å². The molecule has 0 radical (unpaired) electrons. The molecule has 0 bridgehead atoms. The Morgan fingerprint density at radius 2 is 1.78 bits per heavy atom. The van der Waals surface area contributed by atoms with E-state index in [4.69, 9.17) is 4.84 Å². The first-order valence-electron chi connectivity index (χ1n) is 5.96. The van der Waals surface area contributed by atoms with Crippen LogP contribution in [0.5, 0.6) is 0 Å². The second-order valence-electron chi connectivity index (χ2n) is 4.30. The standard InChI is InChI=1S/C16H17NO/c1-12-9-10-15(14-7-5-4-6-8-14)13(2)16(12)11-18-17-3/h4-10H,3,11H2,1-2H3. The van der Waals surface area contributed by atoms with E-state index in [1.807, 2.05) is 6.07 Å². The Morgan fingerprint density at radius 1 is 1.06 bits per heavy atom. The average molecular weight is 239 g/mol. The van der Waals surface area contributed by atoms with Crippen molar-refractivity contribution in [1.29, 1.82) is 0 Å². The SMILES string of the molecule is C=NOCc1c(C)ccc(-c2ccccc2)c1C. The van der Waals surface area contributed by atoms with E-state index in [2.05, 4.69) is 62.1 Å². The summed E-state index contributed by atoms with van der Waals surface area (Å²) < 4.78 is 0. The molecule has 0 spiro atoms. The van der Waals surface area contributed by atoms with Gasteiger partial charge in [0.2, 0.25) is 0 Å². The average Bonchev–Trinajstić information content (AvgIpc) is 2.40. The quantitative estimate of drug-likeness (QED) is 0.581. The lowest BCUT2D eigenvalue weighted by molar-refractivity contribution is 0.132. The first-order chi connectivity index (χ1) is 8.74. The highest BCUT2D eigenvalue weighted by Gasteiger charge is 2.09. The number of hydrogen-bond acceptors (Lipinski definition) is 2. The number of hydrogen-bond donors (Lipinski definition) is 0. The molecule has 0 unspecified atom stereocenters. The molecule has 2 aromatic rings. The maximum absolute atomic E-state index is 5.09. The van der Waals surface area contributed by atoms with Gasteiger partial charge in [-0.1, -0.05) is 42.5 Å². The molecule has 0 aliphatic heterocycles. The second-order valence-corrected chi connectivity index (χ2v) is 4.30. The predicted octanol–water partition coefficient (Wildman–Crippen LogP) is 4.10. The van der Waals surface area contributed by atoms with E-state index in [9.17, 15) is 0 Å². The first kappa shape index (κ1) is 12.4. The van der Waals surface area contributed by atoms with Crippen molar-refractivity contribution in [3.05, 3.63) is 59.2 Å². The fraction of sp³-hybridized carbons (Fsp3) is 0.188. The maximum atomic E-state index is 5.09. The molecule has 0 aliphatic carbocycles. The highest BCUT2D eigenvalue weighted by atomic mass is 16.6. The van der Waals surface area contributed by atoms with E-state index in [1.165, 1.54) is 27.8 Å². The van der Waals surface area contributed by atoms with Crippen LogP contribution in [0.25, 0.3) is 11.1 Å². The Balaban J connectivity index is 2.47. The van der Waals surface area contributed by atoms with E-state index in [-0.39, 0.29) is 0 Å². The maximum Gasteiger partial charge on any atom is 0.142 e. The molecule has 18 heavy (non-hydrogen) atoms. The summed E-state index contributed by atoms with van der Waals surface area (Å²) in [5.74, 6) is 0. The molecule has 0 atom stereocenters. The van der Waals surface area contributed by atoms with Crippen molar-refractivity contribution in [2.45, 2.75) is 20.5 Å². The van der Waals surface area contributed by atoms with Crippen LogP contribution in [0, 0.1) is 13.8 Å². The van der Waals surface area contributed by atoms with Gasteiger partial charge in [0.1, 0.15) is 6.61 Å². The Labute approximate surface area is 108 Å². The molecule has 0 aliphatic rings. The van der Waals surface area contributed by atoms with Crippen molar-refractivity contribution in [1.82, 2.24) is 0 Å². The molecular weight excluding hydrogens is 222 g/mol. The van der Waals surface area contributed by atoms with E-state index in [0.29, 0.717) is 6.61 Å². The molecule has 0 fully saturated rings. The van der Waals surface area contributed by atoms with Gasteiger partial charge >= 0.3 is 0 Å². The third-order valence-corrected chi connectivity index (χ3v) is 3.22. The van der Waals surface area contributed by atoms with Gasteiger partial charge in [0.15, 0.2) is 0 Å². The van der Waals surface area contributed by atoms with Crippen LogP contribution >= 0.6 is 0 Å². The number of aryl methyl sites for hydroxylation is 1. The highest BCUT2D eigenvalue weighted by Crippen LogP contribution is 2.28. The fourth-order valence-electron chi connectivity index (χ4n) is 2.15. The molecule has 2 rings (SSSR count). The Kier molecular flexibility index (Phi) is 3.78. The number of nitrogens with zero attached hydrogens (tertiary/aromatic N) is 1. The molecule has 2 aromatic carbocycles. The zero-order valence-corrected chi connectivity index (χ0v) is 10.8. The molecular formula is C16H17NO. The van der Waals surface area contributed by atoms with Crippen molar-refractivity contribution >= 4 is 6.72 Å². The predicted molar refractivity (Wildman–Crippen MR) is 75.7 cm³/mol. The smallest absolute Gasteiger partial charge is 0.142 e. The van der Waals surface area contributed by atoms with Crippen molar-refractivity contribution in [2.24, 2.45) is 5.16 Å². The molecule has 92 valence electrons. The minimum atomic E-state index is 0.474. The second kappa shape index (κ2) is 5.50. The van der Waals surface area contributed by atoms with Gasteiger partial charge in [0.25, 0.3) is 0 Å². The van der Waals surface area contributed by atoms with Crippen LogP contribution in [-0.4, -0.2) is 6.72 Å². The van der Waals surface area contributed by atoms with Crippen molar-refractivity contribution in [3.63, 3.8) is 0 Å². The minimum Gasteiger partial charge on any atom is -0.391 e. The van der Waals surface area contributed by atoms with E-state index < -0.39 is 0 Å². The van der Waals surface area contributed by atoms with Crippen LogP contribution in [-0.2, 0) is 11.4 Å². The topological polar surface area (TPSA) is 21.6 Å². The Morgan fingerprint density at radius 3 is 2.44 bits per heavy atom. The molecule has 2 heteroatoms. The first-order valence-corrected chi connectivity index (χ1v) is 5.96. The molecule has 0 N–H and O–H groups in total. The number of benzene rings is 2. The van der Waals surface area contributed by atoms with Gasteiger partial charge in [0, 0.05) is 6.72 Å². The van der Waals surface area contributed by atoms with E-state index in [0.717, 1.165) is 0 Å². The lowest BCUT2D eigenvalue weighted by Gasteiger charge is -2.13. The summed E-state index contributed by atoms with van der Waals surface area (Å²) in [4.78, 5) is 5.09. The van der Waals surface area contributed by atoms with E-state index in [1.54, 1.807) is 0 Å². The van der Waals surface area contributed by atoms with Gasteiger partial charge in [-0.3, -0.25) is 0 Å². The summed E-state index contributed by atoms with van der Waals surface area (Å²) >= 11 is 0. The third-order valence-electron chi connectivity index (χ3n) is 3.22. The van der Waals surface area contributed by atoms with Crippen LogP contribution in [0.4, 0.5) is 0 Å². The molecule has 2 nitrogen and oxygen atoms in total. The minimum absolute atomic E-state index is 0.474. The van der Waals surface area contributed by atoms with Crippen LogP contribution < -0.4 is 0 Å². The molecule has 0 aromatic heterocycles. The summed E-state index contributed by atoms with van der Waals surface area (Å²) in [5, 5.41) is 3.47. The van der Waals surface area contributed by atoms with E-state index >= 15 is 0 Å². The van der Waals surface area contributed by atoms with Gasteiger partial charge in [-0.2, -0.15) is 0 Å². The fourth-order valence-corrected chi connectivity index (χ4v) is 2.15. The highest BCUT2D eigenvalue weighted by molar-refractivity contribution is 5.69. The number of rotatable bonds is 4. The Hall–Kier alpha value is -2.09. The third kappa shape index (κ3) is 2.43. The number of oxime groups is 1. The largest absolute Gasteiger partial charge is 0.391 e. The Bertz CT molecular complexity index is 547. The summed E-state index contributed by atoms with van der Waals surface area (Å²) in [6.07, 6.45) is 0. The van der Waals surface area contributed by atoms with Crippen LogP contribution in [0.1, 0.15) is 16.7 Å². The molecule has 0 heterocycles. The van der Waals surface area contributed by atoms with Gasteiger partial charge in [0.05, 0.1) is 0 Å². The van der Waals surface area contributed by atoms with Crippen LogP contribution in [0.15, 0.2) is 47.6 Å². The summed E-state index contributed by atoms with van der Waals surface area (Å²) in [7, 11) is 0. The van der Waals surface area contributed by atoms with Gasteiger partial charge in [-0.15, -0.1) is 5.16 Å². The van der Waals surface area contributed by atoms with Gasteiger partial charge < -0.3 is 4.84 Å². The van der Waals surface area contributed by atoms with Crippen molar-refractivity contribution in [2.75, 3.05) is 0 Å². The van der Waals surface area contributed by atoms with Gasteiger partial charge in [-0.25, -0.2) is 0 Å².